The van der Waals surface area contributed by atoms with Crippen LogP contribution < -0.4 is 16.4 Å². The van der Waals surface area contributed by atoms with Crippen LogP contribution >= 0.6 is 0 Å². The average molecular weight is 459 g/mol. The Labute approximate surface area is 198 Å². The molecule has 0 atom stereocenters. The third kappa shape index (κ3) is 4.21. The summed E-state index contributed by atoms with van der Waals surface area (Å²) in [5.74, 6) is 1.37. The van der Waals surface area contributed by atoms with Gasteiger partial charge in [-0.15, -0.1) is 10.2 Å². The van der Waals surface area contributed by atoms with Crippen LogP contribution in [-0.4, -0.2) is 46.4 Å². The van der Waals surface area contributed by atoms with E-state index in [1.807, 2.05) is 35.2 Å². The summed E-state index contributed by atoms with van der Waals surface area (Å²) >= 11 is 0. The minimum atomic E-state index is 0.309. The summed E-state index contributed by atoms with van der Waals surface area (Å²) in [4.78, 5) is 14.5. The molecule has 0 bridgehead atoms. The van der Waals surface area contributed by atoms with Crippen LogP contribution in [-0.2, 0) is 0 Å². The first-order valence-corrected chi connectivity index (χ1v) is 12.2. The van der Waals surface area contributed by atoms with Crippen LogP contribution in [0.2, 0.25) is 0 Å². The zero-order chi connectivity index (χ0) is 22.9. The molecule has 176 valence electrons. The Balaban J connectivity index is 1.32. The van der Waals surface area contributed by atoms with E-state index in [9.17, 15) is 0 Å². The molecule has 0 saturated heterocycles. The van der Waals surface area contributed by atoms with E-state index in [0.29, 0.717) is 29.9 Å². The van der Waals surface area contributed by atoms with E-state index in [0.717, 1.165) is 48.2 Å². The molecule has 4 aromatic rings. The first kappa shape index (κ1) is 21.0. The molecule has 0 unspecified atom stereocenters. The molecule has 2 aliphatic rings. The SMILES string of the molecule is NC1CCC(Nc2nc(Nc3ccc(-n4cnnc4)cc3)c3ncn(C4CCCC4)c3n2)CC1. The Bertz CT molecular complexity index is 1230. The van der Waals surface area contributed by atoms with Crippen LogP contribution in [0.4, 0.5) is 17.5 Å². The van der Waals surface area contributed by atoms with Crippen molar-refractivity contribution in [3.05, 3.63) is 43.2 Å². The zero-order valence-corrected chi connectivity index (χ0v) is 19.1. The first-order valence-electron chi connectivity index (χ1n) is 12.2. The molecule has 0 amide bonds. The molecule has 2 saturated carbocycles. The van der Waals surface area contributed by atoms with Crippen molar-refractivity contribution in [2.24, 2.45) is 5.73 Å². The van der Waals surface area contributed by atoms with Gasteiger partial charge >= 0.3 is 0 Å². The van der Waals surface area contributed by atoms with Gasteiger partial charge in [0.15, 0.2) is 17.0 Å². The summed E-state index contributed by atoms with van der Waals surface area (Å²) in [6, 6.07) is 9.19. The lowest BCUT2D eigenvalue weighted by Gasteiger charge is -2.27. The summed E-state index contributed by atoms with van der Waals surface area (Å²) in [7, 11) is 0. The molecule has 0 aliphatic heterocycles. The minimum absolute atomic E-state index is 0.309. The Morgan fingerprint density at radius 2 is 1.59 bits per heavy atom. The van der Waals surface area contributed by atoms with Crippen molar-refractivity contribution in [1.29, 1.82) is 0 Å². The lowest BCUT2D eigenvalue weighted by molar-refractivity contribution is 0.410. The molecule has 2 fully saturated rings. The maximum atomic E-state index is 6.10. The summed E-state index contributed by atoms with van der Waals surface area (Å²) in [5.41, 5.74) is 9.71. The molecule has 3 heterocycles. The van der Waals surface area contributed by atoms with Crippen molar-refractivity contribution in [3.8, 4) is 5.69 Å². The fraction of sp³-hybridized carbons (Fsp3) is 0.458. The molecule has 10 nitrogen and oxygen atoms in total. The van der Waals surface area contributed by atoms with Crippen LogP contribution in [0.3, 0.4) is 0 Å². The second-order valence-electron chi connectivity index (χ2n) is 9.46. The topological polar surface area (TPSA) is 124 Å². The average Bonchev–Trinajstić information content (AvgIpc) is 3.63. The number of hydrogen-bond donors (Lipinski definition) is 3. The van der Waals surface area contributed by atoms with Crippen molar-refractivity contribution in [3.63, 3.8) is 0 Å². The normalized spacial score (nSPS) is 21.2. The first-order chi connectivity index (χ1) is 16.7. The van der Waals surface area contributed by atoms with Gasteiger partial charge in [-0.25, -0.2) is 4.98 Å². The van der Waals surface area contributed by atoms with Crippen molar-refractivity contribution in [1.82, 2.24) is 34.3 Å². The molecule has 0 spiro atoms. The van der Waals surface area contributed by atoms with Crippen LogP contribution in [0.15, 0.2) is 43.2 Å². The molecule has 3 aromatic heterocycles. The van der Waals surface area contributed by atoms with Crippen molar-refractivity contribution in [2.75, 3.05) is 10.6 Å². The van der Waals surface area contributed by atoms with Crippen LogP contribution in [0.25, 0.3) is 16.9 Å². The van der Waals surface area contributed by atoms with E-state index in [2.05, 4.69) is 25.4 Å². The van der Waals surface area contributed by atoms with Crippen molar-refractivity contribution < 1.29 is 0 Å². The molecule has 1 aromatic carbocycles. The molecule has 10 heteroatoms. The lowest BCUT2D eigenvalue weighted by Crippen LogP contribution is -2.33. The smallest absolute Gasteiger partial charge is 0.227 e. The van der Waals surface area contributed by atoms with Crippen molar-refractivity contribution >= 4 is 28.6 Å². The Morgan fingerprint density at radius 3 is 2.32 bits per heavy atom. The number of nitrogens with zero attached hydrogens (tertiary/aromatic N) is 7. The number of aromatic nitrogens is 7. The third-order valence-corrected chi connectivity index (χ3v) is 7.09. The molecule has 6 rings (SSSR count). The molecule has 0 radical (unpaired) electrons. The van der Waals surface area contributed by atoms with E-state index in [4.69, 9.17) is 20.7 Å². The second kappa shape index (κ2) is 9.02. The van der Waals surface area contributed by atoms with Gasteiger partial charge in [-0.3, -0.25) is 4.57 Å². The number of nitrogens with one attached hydrogen (secondary N) is 2. The predicted octanol–water partition coefficient (Wildman–Crippen LogP) is 3.95. The number of rotatable bonds is 6. The number of imidazole rings is 1. The Hall–Kier alpha value is -3.53. The Kier molecular flexibility index (Phi) is 5.58. The second-order valence-corrected chi connectivity index (χ2v) is 9.46. The van der Waals surface area contributed by atoms with Gasteiger partial charge in [-0.1, -0.05) is 12.8 Å². The number of hydrogen-bond acceptors (Lipinski definition) is 8. The fourth-order valence-electron chi connectivity index (χ4n) is 5.15. The third-order valence-electron chi connectivity index (χ3n) is 7.09. The van der Waals surface area contributed by atoms with Gasteiger partial charge < -0.3 is 20.9 Å². The highest BCUT2D eigenvalue weighted by Crippen LogP contribution is 2.34. The molecule has 34 heavy (non-hydrogen) atoms. The largest absolute Gasteiger partial charge is 0.351 e. The standard InChI is InChI=1S/C24H30N10/c25-16-5-7-18(8-6-16)30-24-31-22(21-23(32-24)34(13-26-21)20-3-1-2-4-20)29-17-9-11-19(12-10-17)33-14-27-28-15-33/h9-16,18,20H,1-8,25H2,(H2,29,30,31,32). The fourth-order valence-corrected chi connectivity index (χ4v) is 5.15. The van der Waals surface area contributed by atoms with Crippen LogP contribution in [0.5, 0.6) is 0 Å². The van der Waals surface area contributed by atoms with Gasteiger partial charge in [0.2, 0.25) is 5.95 Å². The molecule has 2 aliphatic carbocycles. The molecular weight excluding hydrogens is 428 g/mol. The zero-order valence-electron chi connectivity index (χ0n) is 19.1. The number of fused-ring (bicyclic) bond motifs is 1. The van der Waals surface area contributed by atoms with E-state index < -0.39 is 0 Å². The number of benzene rings is 1. The molecule has 4 N–H and O–H groups in total. The predicted molar refractivity (Wildman–Crippen MR) is 131 cm³/mol. The lowest BCUT2D eigenvalue weighted by atomic mass is 9.92. The highest BCUT2D eigenvalue weighted by Gasteiger charge is 2.24. The maximum absolute atomic E-state index is 6.10. The highest BCUT2D eigenvalue weighted by molar-refractivity contribution is 5.86. The highest BCUT2D eigenvalue weighted by atomic mass is 15.2. The van der Waals surface area contributed by atoms with Gasteiger partial charge in [-0.2, -0.15) is 9.97 Å². The van der Waals surface area contributed by atoms with E-state index in [1.165, 1.54) is 25.7 Å². The van der Waals surface area contributed by atoms with Gasteiger partial charge in [0.1, 0.15) is 12.7 Å². The quantitative estimate of drug-likeness (QED) is 0.397. The number of anilines is 3. The van der Waals surface area contributed by atoms with Gasteiger partial charge in [0.05, 0.1) is 6.33 Å². The minimum Gasteiger partial charge on any atom is -0.351 e. The van der Waals surface area contributed by atoms with Crippen LogP contribution in [0, 0.1) is 0 Å². The molecular formula is C24H30N10. The summed E-state index contributed by atoms with van der Waals surface area (Å²) < 4.78 is 4.11. The maximum Gasteiger partial charge on any atom is 0.227 e. The summed E-state index contributed by atoms with van der Waals surface area (Å²) in [6.45, 7) is 0. The van der Waals surface area contributed by atoms with E-state index >= 15 is 0 Å². The Morgan fingerprint density at radius 1 is 0.853 bits per heavy atom. The van der Waals surface area contributed by atoms with Gasteiger partial charge in [-0.05, 0) is 62.8 Å². The van der Waals surface area contributed by atoms with E-state index in [-0.39, 0.29) is 0 Å². The monoisotopic (exact) mass is 458 g/mol. The van der Waals surface area contributed by atoms with Gasteiger partial charge in [0, 0.05) is 29.5 Å². The summed E-state index contributed by atoms with van der Waals surface area (Å²) in [6.07, 6.45) is 14.3. The summed E-state index contributed by atoms with van der Waals surface area (Å²) in [5, 5.41) is 14.8. The van der Waals surface area contributed by atoms with E-state index in [1.54, 1.807) is 12.7 Å². The van der Waals surface area contributed by atoms with Crippen molar-refractivity contribution in [2.45, 2.75) is 69.5 Å². The van der Waals surface area contributed by atoms with Crippen LogP contribution in [0.1, 0.15) is 57.4 Å². The number of nitrogens with two attached hydrogens (primary N) is 1. The van der Waals surface area contributed by atoms with Gasteiger partial charge in [0.25, 0.3) is 0 Å².